The van der Waals surface area contributed by atoms with Crippen molar-refractivity contribution in [2.45, 2.75) is 50.9 Å². The van der Waals surface area contributed by atoms with Crippen LogP contribution in [0.15, 0.2) is 0 Å². The van der Waals surface area contributed by atoms with E-state index in [0.29, 0.717) is 0 Å². The Hall–Kier alpha value is -2.28. The number of carboxylic acid groups (broad SMARTS) is 3. The first-order valence-electron chi connectivity index (χ1n) is 6.65. The molecular formula is C12H26N4O8. The summed E-state index contributed by atoms with van der Waals surface area (Å²) in [6.45, 7) is 2.75. The minimum absolute atomic E-state index is 0.0213. The SMILES string of the molecule is C[C@@H](O)[C@H](N)C(=O)O.C[C@H](N)C(=O)O.NC(=O)CC[C@H](N)C(=O)O. The summed E-state index contributed by atoms with van der Waals surface area (Å²) in [5.41, 5.74) is 19.6. The number of carboxylic acids is 3. The van der Waals surface area contributed by atoms with Gasteiger partial charge in [0.15, 0.2) is 0 Å². The Kier molecular flexibility index (Phi) is 15.9. The second-order valence-corrected chi connectivity index (χ2v) is 4.68. The van der Waals surface area contributed by atoms with Crippen molar-refractivity contribution in [2.75, 3.05) is 0 Å². The fourth-order valence-corrected chi connectivity index (χ4v) is 0.628. The van der Waals surface area contributed by atoms with Crippen LogP contribution in [0, 0.1) is 0 Å². The molecule has 0 radical (unpaired) electrons. The number of hydrogen-bond donors (Lipinski definition) is 8. The minimum Gasteiger partial charge on any atom is -0.480 e. The topological polar surface area (TPSA) is 253 Å². The monoisotopic (exact) mass is 354 g/mol. The molecule has 0 aromatic carbocycles. The number of aliphatic carboxylic acids is 3. The number of hydrogen-bond acceptors (Lipinski definition) is 8. The number of primary amides is 1. The molecule has 0 aliphatic heterocycles. The van der Waals surface area contributed by atoms with E-state index in [1.807, 2.05) is 0 Å². The molecule has 12 N–H and O–H groups in total. The molecule has 1 amide bonds. The summed E-state index contributed by atoms with van der Waals surface area (Å²) in [7, 11) is 0. The van der Waals surface area contributed by atoms with E-state index in [1.54, 1.807) is 0 Å². The molecule has 0 bridgehead atoms. The van der Waals surface area contributed by atoms with Crippen molar-refractivity contribution in [1.82, 2.24) is 0 Å². The average Bonchev–Trinajstić information content (AvgIpc) is 2.44. The number of carbonyl (C=O) groups excluding carboxylic acids is 1. The maximum atomic E-state index is 10.1. The fraction of sp³-hybridized carbons (Fsp3) is 0.667. The third-order valence-corrected chi connectivity index (χ3v) is 2.21. The zero-order chi connectivity index (χ0) is 20.0. The second kappa shape index (κ2) is 14.3. The summed E-state index contributed by atoms with van der Waals surface area (Å²) in [4.78, 5) is 39.6. The first kappa shape index (κ1) is 26.6. The molecule has 0 heterocycles. The van der Waals surface area contributed by atoms with Gasteiger partial charge >= 0.3 is 17.9 Å². The highest BCUT2D eigenvalue weighted by atomic mass is 16.4. The van der Waals surface area contributed by atoms with Gasteiger partial charge in [-0.1, -0.05) is 0 Å². The molecule has 0 aromatic rings. The number of nitrogens with two attached hydrogens (primary N) is 4. The van der Waals surface area contributed by atoms with Crippen LogP contribution < -0.4 is 22.9 Å². The van der Waals surface area contributed by atoms with Crippen LogP contribution in [0.4, 0.5) is 0 Å². The van der Waals surface area contributed by atoms with E-state index in [-0.39, 0.29) is 12.8 Å². The van der Waals surface area contributed by atoms with Crippen LogP contribution in [0.2, 0.25) is 0 Å². The van der Waals surface area contributed by atoms with Gasteiger partial charge < -0.3 is 43.4 Å². The highest BCUT2D eigenvalue weighted by Gasteiger charge is 2.16. The molecule has 0 aliphatic carbocycles. The molecule has 4 atom stereocenters. The summed E-state index contributed by atoms with van der Waals surface area (Å²) >= 11 is 0. The first-order valence-corrected chi connectivity index (χ1v) is 6.65. The largest absolute Gasteiger partial charge is 0.480 e. The van der Waals surface area contributed by atoms with Gasteiger partial charge in [-0.05, 0) is 20.3 Å². The lowest BCUT2D eigenvalue weighted by Crippen LogP contribution is -2.39. The standard InChI is InChI=1S/C5H10N2O3.C4H9NO3.C3H7NO2/c6-3(5(9)10)1-2-4(7)8;1-2(6)3(5)4(7)8;1-2(4)3(5)6/h3H,1-2,6H2,(H2,7,8)(H,9,10);2-3,6H,5H2,1H3,(H,7,8);2H,4H2,1H3,(H,5,6)/t3-;2-,3+;2-/m010/s1. The van der Waals surface area contributed by atoms with Gasteiger partial charge in [-0.2, -0.15) is 0 Å². The Morgan fingerprint density at radius 3 is 1.38 bits per heavy atom. The molecule has 24 heavy (non-hydrogen) atoms. The summed E-state index contributed by atoms with van der Waals surface area (Å²) < 4.78 is 0. The first-order chi connectivity index (χ1) is 10.7. The van der Waals surface area contributed by atoms with E-state index in [9.17, 15) is 19.2 Å². The van der Waals surface area contributed by atoms with Gasteiger partial charge in [-0.3, -0.25) is 19.2 Å². The van der Waals surface area contributed by atoms with Gasteiger partial charge in [0, 0.05) is 6.42 Å². The van der Waals surface area contributed by atoms with E-state index in [2.05, 4.69) is 0 Å². The summed E-state index contributed by atoms with van der Waals surface area (Å²) in [5, 5.41) is 32.6. The van der Waals surface area contributed by atoms with Gasteiger partial charge in [0.25, 0.3) is 0 Å². The van der Waals surface area contributed by atoms with Crippen molar-refractivity contribution >= 4 is 23.8 Å². The number of rotatable bonds is 7. The quantitative estimate of drug-likeness (QED) is 0.226. The summed E-state index contributed by atoms with van der Waals surface area (Å²) in [5.74, 6) is -3.78. The van der Waals surface area contributed by atoms with Crippen LogP contribution >= 0.6 is 0 Å². The minimum atomic E-state index is -1.18. The highest BCUT2D eigenvalue weighted by molar-refractivity contribution is 5.77. The lowest BCUT2D eigenvalue weighted by Gasteiger charge is -2.06. The van der Waals surface area contributed by atoms with Crippen molar-refractivity contribution in [1.29, 1.82) is 0 Å². The van der Waals surface area contributed by atoms with Crippen molar-refractivity contribution in [3.05, 3.63) is 0 Å². The Bertz CT molecular complexity index is 414. The van der Waals surface area contributed by atoms with Gasteiger partial charge in [0.1, 0.15) is 18.1 Å². The van der Waals surface area contributed by atoms with Crippen LogP contribution in [-0.2, 0) is 19.2 Å². The number of carbonyl (C=O) groups is 4. The van der Waals surface area contributed by atoms with Crippen molar-refractivity contribution in [2.24, 2.45) is 22.9 Å². The molecule has 0 aliphatic rings. The normalized spacial score (nSPS) is 14.4. The smallest absolute Gasteiger partial charge is 0.323 e. The molecule has 0 fully saturated rings. The highest BCUT2D eigenvalue weighted by Crippen LogP contribution is 1.92. The summed E-state index contributed by atoms with van der Waals surface area (Å²) in [6, 6.07) is -2.87. The average molecular weight is 354 g/mol. The Labute approximate surface area is 138 Å². The zero-order valence-electron chi connectivity index (χ0n) is 13.5. The molecule has 0 saturated carbocycles. The fourth-order valence-electron chi connectivity index (χ4n) is 0.628. The van der Waals surface area contributed by atoms with Crippen molar-refractivity contribution in [3.63, 3.8) is 0 Å². The molecule has 0 aromatic heterocycles. The van der Waals surface area contributed by atoms with Crippen molar-refractivity contribution in [3.8, 4) is 0 Å². The molecular weight excluding hydrogens is 328 g/mol. The summed E-state index contributed by atoms with van der Waals surface area (Å²) in [6.07, 6.45) is -0.856. The van der Waals surface area contributed by atoms with E-state index in [0.717, 1.165) is 0 Å². The molecule has 0 unspecified atom stereocenters. The van der Waals surface area contributed by atoms with E-state index in [4.69, 9.17) is 43.4 Å². The predicted octanol–water partition coefficient (Wildman–Crippen LogP) is -3.14. The predicted molar refractivity (Wildman–Crippen MR) is 82.6 cm³/mol. The number of aliphatic hydroxyl groups is 1. The lowest BCUT2D eigenvalue weighted by atomic mass is 10.2. The van der Waals surface area contributed by atoms with Crippen LogP contribution in [0.3, 0.4) is 0 Å². The van der Waals surface area contributed by atoms with Crippen molar-refractivity contribution < 1.29 is 39.6 Å². The third kappa shape index (κ3) is 19.7. The zero-order valence-corrected chi connectivity index (χ0v) is 13.5. The number of amides is 1. The molecule has 0 rings (SSSR count). The number of aliphatic hydroxyl groups excluding tert-OH is 1. The van der Waals surface area contributed by atoms with Gasteiger partial charge in [0.05, 0.1) is 6.10 Å². The Morgan fingerprint density at radius 2 is 1.25 bits per heavy atom. The van der Waals surface area contributed by atoms with Crippen LogP contribution in [0.25, 0.3) is 0 Å². The lowest BCUT2D eigenvalue weighted by molar-refractivity contribution is -0.141. The van der Waals surface area contributed by atoms with Gasteiger partial charge in [-0.15, -0.1) is 0 Å². The molecule has 142 valence electrons. The maximum absolute atomic E-state index is 10.1. The van der Waals surface area contributed by atoms with E-state index < -0.39 is 48.0 Å². The van der Waals surface area contributed by atoms with Gasteiger partial charge in [-0.25, -0.2) is 0 Å². The van der Waals surface area contributed by atoms with E-state index >= 15 is 0 Å². The van der Waals surface area contributed by atoms with Crippen LogP contribution in [0.1, 0.15) is 26.7 Å². The molecule has 0 saturated heterocycles. The third-order valence-electron chi connectivity index (χ3n) is 2.21. The maximum Gasteiger partial charge on any atom is 0.323 e. The van der Waals surface area contributed by atoms with E-state index in [1.165, 1.54) is 13.8 Å². The molecule has 0 spiro atoms. The Morgan fingerprint density at radius 1 is 0.875 bits per heavy atom. The molecule has 12 heteroatoms. The van der Waals surface area contributed by atoms with Crippen LogP contribution in [-0.4, -0.2) is 68.5 Å². The van der Waals surface area contributed by atoms with Crippen LogP contribution in [0.5, 0.6) is 0 Å². The second-order valence-electron chi connectivity index (χ2n) is 4.68. The van der Waals surface area contributed by atoms with Gasteiger partial charge in [0.2, 0.25) is 5.91 Å². The Balaban J connectivity index is -0.000000285. The molecule has 12 nitrogen and oxygen atoms in total.